The molecule has 0 aliphatic rings. The highest BCUT2D eigenvalue weighted by molar-refractivity contribution is 7.89. The van der Waals surface area contributed by atoms with Crippen LogP contribution in [0.3, 0.4) is 0 Å². The van der Waals surface area contributed by atoms with Gasteiger partial charge in [-0.05, 0) is 36.2 Å². The molecule has 0 aliphatic heterocycles. The standard InChI is InChI=1S/C15H19N3O2S/c1-12-10-16-9-8-13(12)11-17-14-6-4-5-7-15(14)21(19,20)18(2)3/h4-10,17H,11H2,1-3H3. The number of sulfonamides is 1. The molecule has 1 N–H and O–H groups in total. The molecule has 0 bridgehead atoms. The molecule has 0 unspecified atom stereocenters. The smallest absolute Gasteiger partial charge is 0.244 e. The van der Waals surface area contributed by atoms with Gasteiger partial charge in [0.25, 0.3) is 0 Å². The molecule has 0 spiro atoms. The summed E-state index contributed by atoms with van der Waals surface area (Å²) in [4.78, 5) is 4.33. The molecule has 0 amide bonds. The van der Waals surface area contributed by atoms with E-state index in [1.807, 2.05) is 19.1 Å². The Balaban J connectivity index is 2.28. The second-order valence-electron chi connectivity index (χ2n) is 4.94. The molecule has 5 nitrogen and oxygen atoms in total. The third kappa shape index (κ3) is 3.40. The van der Waals surface area contributed by atoms with Gasteiger partial charge in [-0.25, -0.2) is 12.7 Å². The van der Waals surface area contributed by atoms with Crippen LogP contribution in [-0.2, 0) is 16.6 Å². The summed E-state index contributed by atoms with van der Waals surface area (Å²) < 4.78 is 25.8. The number of aryl methyl sites for hydroxylation is 1. The van der Waals surface area contributed by atoms with Crippen LogP contribution in [0.25, 0.3) is 0 Å². The number of pyridine rings is 1. The fourth-order valence-corrected chi connectivity index (χ4v) is 2.99. The van der Waals surface area contributed by atoms with Crippen molar-refractivity contribution in [1.82, 2.24) is 9.29 Å². The zero-order valence-corrected chi connectivity index (χ0v) is 13.2. The first-order valence-corrected chi connectivity index (χ1v) is 8.02. The Labute approximate surface area is 125 Å². The van der Waals surface area contributed by atoms with E-state index in [9.17, 15) is 8.42 Å². The van der Waals surface area contributed by atoms with Gasteiger partial charge < -0.3 is 5.32 Å². The van der Waals surface area contributed by atoms with E-state index in [1.54, 1.807) is 30.6 Å². The normalized spacial score (nSPS) is 11.6. The van der Waals surface area contributed by atoms with Crippen LogP contribution >= 0.6 is 0 Å². The highest BCUT2D eigenvalue weighted by Gasteiger charge is 2.20. The number of hydrogen-bond donors (Lipinski definition) is 1. The summed E-state index contributed by atoms with van der Waals surface area (Å²) >= 11 is 0. The molecule has 0 radical (unpaired) electrons. The highest BCUT2D eigenvalue weighted by atomic mass is 32.2. The molecule has 0 fully saturated rings. The van der Waals surface area contributed by atoms with E-state index in [1.165, 1.54) is 18.4 Å². The molecule has 6 heteroatoms. The van der Waals surface area contributed by atoms with Gasteiger partial charge in [0.15, 0.2) is 0 Å². The number of benzene rings is 1. The van der Waals surface area contributed by atoms with E-state index >= 15 is 0 Å². The van der Waals surface area contributed by atoms with Crippen molar-refractivity contribution in [3.8, 4) is 0 Å². The van der Waals surface area contributed by atoms with Crippen LogP contribution in [0, 0.1) is 6.92 Å². The minimum Gasteiger partial charge on any atom is -0.380 e. The van der Waals surface area contributed by atoms with Crippen molar-refractivity contribution in [3.63, 3.8) is 0 Å². The Bertz CT molecular complexity index is 727. The molecule has 2 rings (SSSR count). The fraction of sp³-hybridized carbons (Fsp3) is 0.267. The molecule has 0 atom stereocenters. The third-order valence-corrected chi connectivity index (χ3v) is 5.12. The number of hydrogen-bond acceptors (Lipinski definition) is 4. The van der Waals surface area contributed by atoms with Crippen molar-refractivity contribution in [1.29, 1.82) is 0 Å². The Morgan fingerprint density at radius 2 is 1.90 bits per heavy atom. The molecule has 1 aromatic heterocycles. The average molecular weight is 305 g/mol. The topological polar surface area (TPSA) is 62.3 Å². The number of nitrogens with one attached hydrogen (secondary N) is 1. The maximum Gasteiger partial charge on any atom is 0.244 e. The van der Waals surface area contributed by atoms with Gasteiger partial charge in [-0.15, -0.1) is 0 Å². The second kappa shape index (κ2) is 6.24. The lowest BCUT2D eigenvalue weighted by molar-refractivity contribution is 0.521. The van der Waals surface area contributed by atoms with E-state index in [0.717, 1.165) is 11.1 Å². The lowest BCUT2D eigenvalue weighted by Gasteiger charge is -2.16. The van der Waals surface area contributed by atoms with Crippen molar-refractivity contribution in [3.05, 3.63) is 53.9 Å². The molecule has 1 aromatic carbocycles. The molecular weight excluding hydrogens is 286 g/mol. The fourth-order valence-electron chi connectivity index (χ4n) is 1.93. The molecular formula is C15H19N3O2S. The van der Waals surface area contributed by atoms with Gasteiger partial charge in [-0.3, -0.25) is 4.98 Å². The van der Waals surface area contributed by atoms with Gasteiger partial charge in [-0.1, -0.05) is 12.1 Å². The van der Waals surface area contributed by atoms with Crippen LogP contribution in [0.4, 0.5) is 5.69 Å². The summed E-state index contributed by atoms with van der Waals surface area (Å²) in [6.45, 7) is 2.53. The predicted molar refractivity (Wildman–Crippen MR) is 83.6 cm³/mol. The number of rotatable bonds is 5. The van der Waals surface area contributed by atoms with Gasteiger partial charge in [0.2, 0.25) is 10.0 Å². The van der Waals surface area contributed by atoms with Crippen LogP contribution in [0.1, 0.15) is 11.1 Å². The van der Waals surface area contributed by atoms with Gasteiger partial charge in [0, 0.05) is 33.0 Å². The van der Waals surface area contributed by atoms with E-state index in [4.69, 9.17) is 0 Å². The summed E-state index contributed by atoms with van der Waals surface area (Å²) in [5, 5.41) is 3.20. The zero-order valence-electron chi connectivity index (χ0n) is 12.4. The van der Waals surface area contributed by atoms with E-state index in [-0.39, 0.29) is 4.90 Å². The number of aromatic nitrogens is 1. The molecule has 112 valence electrons. The number of para-hydroxylation sites is 1. The van der Waals surface area contributed by atoms with Gasteiger partial charge in [0.1, 0.15) is 4.90 Å². The Hall–Kier alpha value is -1.92. The molecule has 0 aliphatic carbocycles. The highest BCUT2D eigenvalue weighted by Crippen LogP contribution is 2.23. The predicted octanol–water partition coefficient (Wildman–Crippen LogP) is 2.25. The third-order valence-electron chi connectivity index (χ3n) is 3.25. The van der Waals surface area contributed by atoms with Gasteiger partial charge in [-0.2, -0.15) is 0 Å². The summed E-state index contributed by atoms with van der Waals surface area (Å²) in [6.07, 6.45) is 3.52. The van der Waals surface area contributed by atoms with E-state index in [0.29, 0.717) is 12.2 Å². The minimum atomic E-state index is -3.46. The number of anilines is 1. The quantitative estimate of drug-likeness (QED) is 0.920. The van der Waals surface area contributed by atoms with E-state index in [2.05, 4.69) is 10.3 Å². The van der Waals surface area contributed by atoms with Gasteiger partial charge >= 0.3 is 0 Å². The molecule has 1 heterocycles. The Morgan fingerprint density at radius 1 is 1.19 bits per heavy atom. The van der Waals surface area contributed by atoms with Crippen LogP contribution < -0.4 is 5.32 Å². The monoisotopic (exact) mass is 305 g/mol. The molecule has 0 saturated heterocycles. The Kier molecular flexibility index (Phi) is 4.59. The molecule has 0 saturated carbocycles. The van der Waals surface area contributed by atoms with Crippen molar-refractivity contribution in [2.24, 2.45) is 0 Å². The summed E-state index contributed by atoms with van der Waals surface area (Å²) in [5.74, 6) is 0. The first-order valence-electron chi connectivity index (χ1n) is 6.58. The first kappa shape index (κ1) is 15.5. The first-order chi connectivity index (χ1) is 9.93. The number of nitrogens with zero attached hydrogens (tertiary/aromatic N) is 2. The summed E-state index contributed by atoms with van der Waals surface area (Å²) in [6, 6.07) is 8.84. The summed E-state index contributed by atoms with van der Waals surface area (Å²) in [5.41, 5.74) is 2.75. The largest absolute Gasteiger partial charge is 0.380 e. The second-order valence-corrected chi connectivity index (χ2v) is 7.06. The van der Waals surface area contributed by atoms with Gasteiger partial charge in [0.05, 0.1) is 5.69 Å². The lowest BCUT2D eigenvalue weighted by atomic mass is 10.1. The van der Waals surface area contributed by atoms with Crippen molar-refractivity contribution >= 4 is 15.7 Å². The van der Waals surface area contributed by atoms with Crippen LogP contribution in [0.5, 0.6) is 0 Å². The zero-order chi connectivity index (χ0) is 15.5. The summed E-state index contributed by atoms with van der Waals surface area (Å²) in [7, 11) is -0.410. The molecule has 21 heavy (non-hydrogen) atoms. The maximum absolute atomic E-state index is 12.3. The van der Waals surface area contributed by atoms with Crippen LogP contribution in [-0.4, -0.2) is 31.8 Å². The lowest BCUT2D eigenvalue weighted by Crippen LogP contribution is -2.23. The van der Waals surface area contributed by atoms with Crippen molar-refractivity contribution in [2.45, 2.75) is 18.4 Å². The Morgan fingerprint density at radius 3 is 2.57 bits per heavy atom. The average Bonchev–Trinajstić information content (AvgIpc) is 2.46. The van der Waals surface area contributed by atoms with Crippen LogP contribution in [0.2, 0.25) is 0 Å². The van der Waals surface area contributed by atoms with Crippen molar-refractivity contribution in [2.75, 3.05) is 19.4 Å². The minimum absolute atomic E-state index is 0.279. The molecule has 2 aromatic rings. The van der Waals surface area contributed by atoms with Crippen LogP contribution in [0.15, 0.2) is 47.6 Å². The SMILES string of the molecule is Cc1cnccc1CNc1ccccc1S(=O)(=O)N(C)C. The van der Waals surface area contributed by atoms with Crippen molar-refractivity contribution < 1.29 is 8.42 Å². The maximum atomic E-state index is 12.3. The van der Waals surface area contributed by atoms with E-state index < -0.39 is 10.0 Å².